The van der Waals surface area contributed by atoms with Gasteiger partial charge in [0.2, 0.25) is 0 Å². The zero-order chi connectivity index (χ0) is 15.9. The van der Waals surface area contributed by atoms with Gasteiger partial charge in [0.1, 0.15) is 11.5 Å². The molecule has 0 aromatic heterocycles. The average Bonchev–Trinajstić information content (AvgIpc) is 2.51. The quantitative estimate of drug-likeness (QED) is 0.602. The summed E-state index contributed by atoms with van der Waals surface area (Å²) in [5.74, 6) is 2.28. The van der Waals surface area contributed by atoms with Gasteiger partial charge in [0.25, 0.3) is 0 Å². The lowest BCUT2D eigenvalue weighted by Gasteiger charge is -2.12. The number of anilines is 1. The normalized spacial score (nSPS) is 10.7. The number of hydrogen-bond donors (Lipinski definition) is 1. The summed E-state index contributed by atoms with van der Waals surface area (Å²) >= 11 is 0. The van der Waals surface area contributed by atoms with E-state index in [-0.39, 0.29) is 0 Å². The molecule has 0 spiro atoms. The van der Waals surface area contributed by atoms with Crippen LogP contribution in [0.15, 0.2) is 42.5 Å². The highest BCUT2D eigenvalue weighted by Crippen LogP contribution is 2.23. The molecule has 2 N–H and O–H groups in total. The van der Waals surface area contributed by atoms with Crippen molar-refractivity contribution in [3.63, 3.8) is 0 Å². The van der Waals surface area contributed by atoms with Gasteiger partial charge in [-0.2, -0.15) is 0 Å². The highest BCUT2D eigenvalue weighted by Gasteiger charge is 2.03. The molecular formula is C19H25NO2. The van der Waals surface area contributed by atoms with Crippen molar-refractivity contribution in [2.45, 2.75) is 33.1 Å². The third-order valence-corrected chi connectivity index (χ3v) is 3.67. The van der Waals surface area contributed by atoms with Crippen molar-refractivity contribution in [3.05, 3.63) is 53.6 Å². The van der Waals surface area contributed by atoms with Crippen LogP contribution in [0.25, 0.3) is 0 Å². The molecule has 118 valence electrons. The molecular weight excluding hydrogens is 274 g/mol. The zero-order valence-electron chi connectivity index (χ0n) is 13.6. The van der Waals surface area contributed by atoms with E-state index in [4.69, 9.17) is 15.2 Å². The van der Waals surface area contributed by atoms with E-state index in [9.17, 15) is 0 Å². The second kappa shape index (κ2) is 7.74. The Morgan fingerprint density at radius 2 is 1.73 bits per heavy atom. The topological polar surface area (TPSA) is 44.5 Å². The summed E-state index contributed by atoms with van der Waals surface area (Å²) in [6.07, 6.45) is 0.833. The first kappa shape index (κ1) is 16.2. The lowest BCUT2D eigenvalue weighted by Crippen LogP contribution is -2.06. The van der Waals surface area contributed by atoms with Gasteiger partial charge in [0.05, 0.1) is 13.2 Å². The average molecular weight is 299 g/mol. The highest BCUT2D eigenvalue weighted by molar-refractivity contribution is 5.53. The number of nitrogen functional groups attached to an aromatic ring is 1. The predicted molar refractivity (Wildman–Crippen MR) is 91.7 cm³/mol. The molecule has 0 saturated heterocycles. The van der Waals surface area contributed by atoms with E-state index in [1.165, 1.54) is 5.56 Å². The van der Waals surface area contributed by atoms with Crippen LogP contribution in [-0.4, -0.2) is 13.2 Å². The molecule has 22 heavy (non-hydrogen) atoms. The Bertz CT molecular complexity index is 608. The maximum atomic E-state index is 5.86. The largest absolute Gasteiger partial charge is 0.493 e. The van der Waals surface area contributed by atoms with Crippen LogP contribution in [-0.2, 0) is 0 Å². The van der Waals surface area contributed by atoms with Crippen LogP contribution >= 0.6 is 0 Å². The maximum absolute atomic E-state index is 5.86. The van der Waals surface area contributed by atoms with E-state index in [1.54, 1.807) is 0 Å². The van der Waals surface area contributed by atoms with Gasteiger partial charge in [-0.25, -0.2) is 0 Å². The Labute approximate surface area is 133 Å². The smallest absolute Gasteiger partial charge is 0.124 e. The first-order chi connectivity index (χ1) is 10.6. The Balaban J connectivity index is 1.75. The Morgan fingerprint density at radius 3 is 2.50 bits per heavy atom. The van der Waals surface area contributed by atoms with Crippen LogP contribution in [0.1, 0.15) is 37.3 Å². The van der Waals surface area contributed by atoms with Crippen molar-refractivity contribution < 1.29 is 9.47 Å². The fourth-order valence-corrected chi connectivity index (χ4v) is 2.18. The van der Waals surface area contributed by atoms with Crippen molar-refractivity contribution in [1.29, 1.82) is 0 Å². The third-order valence-electron chi connectivity index (χ3n) is 3.67. The summed E-state index contributed by atoms with van der Waals surface area (Å²) in [6.45, 7) is 7.59. The Morgan fingerprint density at radius 1 is 1.00 bits per heavy atom. The lowest BCUT2D eigenvalue weighted by atomic mass is 10.0. The molecule has 2 rings (SSSR count). The monoisotopic (exact) mass is 299 g/mol. The van der Waals surface area contributed by atoms with Gasteiger partial charge in [-0.3, -0.25) is 0 Å². The van der Waals surface area contributed by atoms with Crippen molar-refractivity contribution in [1.82, 2.24) is 0 Å². The number of benzene rings is 2. The molecule has 0 saturated carbocycles. The number of rotatable bonds is 7. The van der Waals surface area contributed by atoms with Gasteiger partial charge in [-0.05, 0) is 42.7 Å². The maximum Gasteiger partial charge on any atom is 0.124 e. The minimum atomic E-state index is 0.512. The van der Waals surface area contributed by atoms with Gasteiger partial charge in [-0.1, -0.05) is 32.0 Å². The molecule has 0 fully saturated rings. The van der Waals surface area contributed by atoms with E-state index in [0.29, 0.717) is 19.1 Å². The van der Waals surface area contributed by atoms with Crippen LogP contribution in [0.2, 0.25) is 0 Å². The van der Waals surface area contributed by atoms with E-state index in [1.807, 2.05) is 37.3 Å². The summed E-state index contributed by atoms with van der Waals surface area (Å²) in [7, 11) is 0. The first-order valence-corrected chi connectivity index (χ1v) is 7.78. The van der Waals surface area contributed by atoms with E-state index in [2.05, 4.69) is 26.0 Å². The molecule has 0 radical (unpaired) electrons. The van der Waals surface area contributed by atoms with E-state index < -0.39 is 0 Å². The predicted octanol–water partition coefficient (Wildman–Crippen LogP) is 4.55. The minimum absolute atomic E-state index is 0.512. The van der Waals surface area contributed by atoms with E-state index in [0.717, 1.165) is 29.2 Å². The van der Waals surface area contributed by atoms with Gasteiger partial charge >= 0.3 is 0 Å². The number of hydrogen-bond acceptors (Lipinski definition) is 3. The number of nitrogens with two attached hydrogens (primary N) is 1. The van der Waals surface area contributed by atoms with Crippen LogP contribution in [0, 0.1) is 6.92 Å². The molecule has 0 atom stereocenters. The molecule has 0 aliphatic heterocycles. The van der Waals surface area contributed by atoms with Crippen LogP contribution in [0.5, 0.6) is 11.5 Å². The standard InChI is InChI=1S/C19H25NO2/c1-14(2)16-7-4-8-17(13-16)21-11-6-12-22-19-10-5-9-18(20)15(19)3/h4-5,7-10,13-14H,6,11-12,20H2,1-3H3. The Kier molecular flexibility index (Phi) is 5.70. The third kappa shape index (κ3) is 4.42. The molecule has 0 aliphatic rings. The second-order valence-electron chi connectivity index (χ2n) is 5.75. The molecule has 2 aromatic rings. The van der Waals surface area contributed by atoms with Gasteiger partial charge in [-0.15, -0.1) is 0 Å². The second-order valence-corrected chi connectivity index (χ2v) is 5.75. The van der Waals surface area contributed by atoms with Crippen LogP contribution in [0.4, 0.5) is 5.69 Å². The van der Waals surface area contributed by atoms with Crippen molar-refractivity contribution in [3.8, 4) is 11.5 Å². The SMILES string of the molecule is Cc1c(N)cccc1OCCCOc1cccc(C(C)C)c1. The summed E-state index contributed by atoms with van der Waals surface area (Å²) in [5.41, 5.74) is 8.91. The summed E-state index contributed by atoms with van der Waals surface area (Å²) < 4.78 is 11.5. The summed E-state index contributed by atoms with van der Waals surface area (Å²) in [5, 5.41) is 0. The summed E-state index contributed by atoms with van der Waals surface area (Å²) in [6, 6.07) is 14.0. The molecule has 0 unspecified atom stereocenters. The van der Waals surface area contributed by atoms with Gasteiger partial charge in [0.15, 0.2) is 0 Å². The molecule has 0 heterocycles. The zero-order valence-corrected chi connectivity index (χ0v) is 13.6. The molecule has 0 aliphatic carbocycles. The highest BCUT2D eigenvalue weighted by atomic mass is 16.5. The van der Waals surface area contributed by atoms with Crippen molar-refractivity contribution >= 4 is 5.69 Å². The van der Waals surface area contributed by atoms with Crippen LogP contribution in [0.3, 0.4) is 0 Å². The number of ether oxygens (including phenoxy) is 2. The van der Waals surface area contributed by atoms with Crippen molar-refractivity contribution in [2.75, 3.05) is 18.9 Å². The lowest BCUT2D eigenvalue weighted by molar-refractivity contribution is 0.246. The van der Waals surface area contributed by atoms with Crippen LogP contribution < -0.4 is 15.2 Å². The fourth-order valence-electron chi connectivity index (χ4n) is 2.18. The first-order valence-electron chi connectivity index (χ1n) is 7.78. The minimum Gasteiger partial charge on any atom is -0.493 e. The Hall–Kier alpha value is -2.16. The van der Waals surface area contributed by atoms with Gasteiger partial charge in [0, 0.05) is 17.7 Å². The molecule has 3 heteroatoms. The fraction of sp³-hybridized carbons (Fsp3) is 0.368. The molecule has 0 amide bonds. The van der Waals surface area contributed by atoms with Crippen molar-refractivity contribution in [2.24, 2.45) is 0 Å². The molecule has 2 aromatic carbocycles. The molecule has 0 bridgehead atoms. The van der Waals surface area contributed by atoms with Gasteiger partial charge < -0.3 is 15.2 Å². The van der Waals surface area contributed by atoms with E-state index >= 15 is 0 Å². The molecule has 3 nitrogen and oxygen atoms in total. The summed E-state index contributed by atoms with van der Waals surface area (Å²) in [4.78, 5) is 0.